The fraction of sp³-hybridized carbons (Fsp3) is 0.733. The number of fused-ring (bicyclic) bond motifs is 1. The van der Waals surface area contributed by atoms with Crippen molar-refractivity contribution in [3.63, 3.8) is 0 Å². The molecule has 2 heteroatoms. The highest BCUT2D eigenvalue weighted by atomic mass is 32.1. The number of ether oxygens (including phenoxy) is 1. The molecule has 2 heterocycles. The second-order valence-electron chi connectivity index (χ2n) is 5.00. The van der Waals surface area contributed by atoms with Gasteiger partial charge in [-0.25, -0.2) is 0 Å². The molecule has 0 amide bonds. The molecule has 0 saturated carbocycles. The summed E-state index contributed by atoms with van der Waals surface area (Å²) in [5, 5.41) is 0. The fourth-order valence-corrected chi connectivity index (χ4v) is 4.17. The molecular weight excluding hydrogens is 228 g/mol. The first-order chi connectivity index (χ1) is 8.25. The Morgan fingerprint density at radius 2 is 1.94 bits per heavy atom. The van der Waals surface area contributed by atoms with Crippen molar-refractivity contribution >= 4 is 11.3 Å². The predicted octanol–water partition coefficient (Wildman–Crippen LogP) is 4.68. The van der Waals surface area contributed by atoms with E-state index in [0.717, 1.165) is 19.4 Å². The molecule has 0 unspecified atom stereocenters. The van der Waals surface area contributed by atoms with Crippen molar-refractivity contribution in [1.82, 2.24) is 0 Å². The van der Waals surface area contributed by atoms with Gasteiger partial charge in [0.1, 0.15) is 0 Å². The maximum Gasteiger partial charge on any atom is 0.0942 e. The van der Waals surface area contributed by atoms with Gasteiger partial charge in [-0.3, -0.25) is 0 Å². The van der Waals surface area contributed by atoms with E-state index in [1.807, 2.05) is 11.3 Å². The molecule has 0 radical (unpaired) electrons. The summed E-state index contributed by atoms with van der Waals surface area (Å²) in [6.07, 6.45) is 7.04. The van der Waals surface area contributed by atoms with Gasteiger partial charge in [0.05, 0.1) is 12.2 Å². The zero-order chi connectivity index (χ0) is 12.3. The van der Waals surface area contributed by atoms with Crippen LogP contribution in [0.15, 0.2) is 6.07 Å². The molecular formula is C15H24OS. The Morgan fingerprint density at radius 3 is 2.53 bits per heavy atom. The lowest BCUT2D eigenvalue weighted by Gasteiger charge is -2.37. The molecule has 1 aliphatic rings. The van der Waals surface area contributed by atoms with Crippen LogP contribution in [-0.2, 0) is 23.2 Å². The summed E-state index contributed by atoms with van der Waals surface area (Å²) in [5.41, 5.74) is 1.57. The highest BCUT2D eigenvalue weighted by Crippen LogP contribution is 2.44. The van der Waals surface area contributed by atoms with Crippen LogP contribution in [0.2, 0.25) is 0 Å². The van der Waals surface area contributed by atoms with Crippen LogP contribution in [0.3, 0.4) is 0 Å². The second-order valence-corrected chi connectivity index (χ2v) is 6.22. The Balaban J connectivity index is 2.38. The van der Waals surface area contributed by atoms with Gasteiger partial charge >= 0.3 is 0 Å². The summed E-state index contributed by atoms with van der Waals surface area (Å²) in [7, 11) is 0. The summed E-state index contributed by atoms with van der Waals surface area (Å²) in [5.74, 6) is 0. The molecule has 0 N–H and O–H groups in total. The van der Waals surface area contributed by atoms with Crippen LogP contribution < -0.4 is 0 Å². The van der Waals surface area contributed by atoms with Crippen LogP contribution in [0, 0.1) is 0 Å². The fourth-order valence-electron chi connectivity index (χ4n) is 2.99. The number of rotatable bonds is 5. The summed E-state index contributed by atoms with van der Waals surface area (Å²) < 4.78 is 6.24. The Bertz CT molecular complexity index is 361. The van der Waals surface area contributed by atoms with E-state index in [4.69, 9.17) is 4.74 Å². The molecule has 0 bridgehead atoms. The largest absolute Gasteiger partial charge is 0.370 e. The Kier molecular flexibility index (Phi) is 4.26. The first-order valence-electron chi connectivity index (χ1n) is 7.01. The van der Waals surface area contributed by atoms with Crippen LogP contribution in [0.1, 0.15) is 61.8 Å². The number of hydrogen-bond acceptors (Lipinski definition) is 2. The number of thiophene rings is 1. The van der Waals surface area contributed by atoms with Crippen LogP contribution in [0.25, 0.3) is 0 Å². The van der Waals surface area contributed by atoms with Gasteiger partial charge in [-0.2, -0.15) is 0 Å². The Hall–Kier alpha value is -0.340. The molecule has 0 aromatic carbocycles. The monoisotopic (exact) mass is 252 g/mol. The van der Waals surface area contributed by atoms with Gasteiger partial charge < -0.3 is 4.74 Å². The van der Waals surface area contributed by atoms with Gasteiger partial charge in [0, 0.05) is 16.2 Å². The Morgan fingerprint density at radius 1 is 1.24 bits per heavy atom. The van der Waals surface area contributed by atoms with Crippen LogP contribution in [0.5, 0.6) is 0 Å². The summed E-state index contributed by atoms with van der Waals surface area (Å²) in [6, 6.07) is 2.42. The van der Waals surface area contributed by atoms with Gasteiger partial charge in [0.2, 0.25) is 0 Å². The minimum absolute atomic E-state index is 0.0427. The summed E-state index contributed by atoms with van der Waals surface area (Å²) in [4.78, 5) is 3.12. The smallest absolute Gasteiger partial charge is 0.0942 e. The van der Waals surface area contributed by atoms with Gasteiger partial charge in [-0.1, -0.05) is 33.6 Å². The quantitative estimate of drug-likeness (QED) is 0.739. The molecule has 1 aliphatic heterocycles. The lowest BCUT2D eigenvalue weighted by molar-refractivity contribution is -0.0726. The van der Waals surface area contributed by atoms with Crippen molar-refractivity contribution in [3.8, 4) is 0 Å². The zero-order valence-electron chi connectivity index (χ0n) is 11.3. The van der Waals surface area contributed by atoms with Gasteiger partial charge in [-0.15, -0.1) is 11.3 Å². The first-order valence-corrected chi connectivity index (χ1v) is 7.83. The normalized spacial score (nSPS) is 18.1. The first kappa shape index (κ1) is 13.1. The van der Waals surface area contributed by atoms with E-state index >= 15 is 0 Å². The van der Waals surface area contributed by atoms with Crippen LogP contribution in [-0.4, -0.2) is 6.61 Å². The van der Waals surface area contributed by atoms with Crippen LogP contribution >= 0.6 is 11.3 Å². The maximum absolute atomic E-state index is 6.24. The number of aryl methyl sites for hydroxylation is 1. The number of hydrogen-bond donors (Lipinski definition) is 0. The van der Waals surface area contributed by atoms with Crippen LogP contribution in [0.4, 0.5) is 0 Å². The minimum atomic E-state index is 0.0427. The van der Waals surface area contributed by atoms with E-state index in [-0.39, 0.29) is 5.60 Å². The zero-order valence-corrected chi connectivity index (χ0v) is 12.2. The third kappa shape index (κ3) is 2.43. The molecule has 0 atom stereocenters. The van der Waals surface area contributed by atoms with E-state index in [2.05, 4.69) is 26.8 Å². The highest BCUT2D eigenvalue weighted by molar-refractivity contribution is 7.12. The molecule has 17 heavy (non-hydrogen) atoms. The SMILES string of the molecule is CCCC1(CCC)OCCc2sc(CC)cc21. The van der Waals surface area contributed by atoms with Gasteiger partial charge in [0.15, 0.2) is 0 Å². The van der Waals surface area contributed by atoms with E-state index < -0.39 is 0 Å². The lowest BCUT2D eigenvalue weighted by Crippen LogP contribution is -2.34. The molecule has 0 spiro atoms. The highest BCUT2D eigenvalue weighted by Gasteiger charge is 2.37. The van der Waals surface area contributed by atoms with Crippen molar-refractivity contribution < 1.29 is 4.74 Å². The van der Waals surface area contributed by atoms with E-state index in [9.17, 15) is 0 Å². The maximum atomic E-state index is 6.24. The van der Waals surface area contributed by atoms with E-state index in [1.165, 1.54) is 36.1 Å². The minimum Gasteiger partial charge on any atom is -0.370 e. The molecule has 2 rings (SSSR count). The average molecular weight is 252 g/mol. The summed E-state index contributed by atoms with van der Waals surface area (Å²) in [6.45, 7) is 7.69. The van der Waals surface area contributed by atoms with Crippen molar-refractivity contribution in [2.45, 2.75) is 64.9 Å². The second kappa shape index (κ2) is 5.53. The molecule has 0 fully saturated rings. The van der Waals surface area contributed by atoms with Crippen molar-refractivity contribution in [2.75, 3.05) is 6.61 Å². The topological polar surface area (TPSA) is 9.23 Å². The third-order valence-electron chi connectivity index (χ3n) is 3.71. The van der Waals surface area contributed by atoms with Gasteiger partial charge in [0.25, 0.3) is 0 Å². The predicted molar refractivity (Wildman–Crippen MR) is 74.8 cm³/mol. The molecule has 0 saturated heterocycles. The lowest BCUT2D eigenvalue weighted by atomic mass is 9.83. The van der Waals surface area contributed by atoms with Crippen molar-refractivity contribution in [3.05, 3.63) is 21.4 Å². The molecule has 1 nitrogen and oxygen atoms in total. The van der Waals surface area contributed by atoms with E-state index in [1.54, 1.807) is 4.88 Å². The Labute approximate surface area is 109 Å². The summed E-state index contributed by atoms with van der Waals surface area (Å²) >= 11 is 2.01. The third-order valence-corrected chi connectivity index (χ3v) is 5.05. The van der Waals surface area contributed by atoms with E-state index in [0.29, 0.717) is 0 Å². The van der Waals surface area contributed by atoms with Crippen molar-refractivity contribution in [1.29, 1.82) is 0 Å². The molecule has 1 aromatic heterocycles. The van der Waals surface area contributed by atoms with Crippen molar-refractivity contribution in [2.24, 2.45) is 0 Å². The molecule has 0 aliphatic carbocycles. The molecule has 1 aromatic rings. The standard InChI is InChI=1S/C15H24OS/c1-4-8-15(9-5-2)13-11-12(6-3)17-14(13)7-10-16-15/h11H,4-10H2,1-3H3. The average Bonchev–Trinajstić information content (AvgIpc) is 2.74. The van der Waals surface area contributed by atoms with Gasteiger partial charge in [-0.05, 0) is 30.9 Å². The molecule has 96 valence electrons.